The molecule has 0 unspecified atom stereocenters. The molecular weight excluding hydrogens is 358 g/mol. The molecule has 3 N–H and O–H groups in total. The lowest BCUT2D eigenvalue weighted by Crippen LogP contribution is -2.25. The molecule has 1 aliphatic carbocycles. The van der Waals surface area contributed by atoms with Gasteiger partial charge in [-0.1, -0.05) is 0 Å². The molecule has 3 aromatic heterocycles. The average Bonchev–Trinajstić information content (AvgIpc) is 3.37. The lowest BCUT2D eigenvalue weighted by molar-refractivity contribution is 0.0952. The summed E-state index contributed by atoms with van der Waals surface area (Å²) in [5.41, 5.74) is 1.61. The Labute approximate surface area is 162 Å². The zero-order valence-electron chi connectivity index (χ0n) is 16.1. The molecule has 0 atom stereocenters. The number of aromatic nitrogens is 4. The van der Waals surface area contributed by atoms with Crippen LogP contribution in [0.5, 0.6) is 5.88 Å². The highest BCUT2D eigenvalue weighted by Gasteiger charge is 2.26. The van der Waals surface area contributed by atoms with Gasteiger partial charge in [0.2, 0.25) is 5.88 Å². The molecular formula is C19H23N7O2. The van der Waals surface area contributed by atoms with E-state index in [0.717, 1.165) is 12.8 Å². The third-order valence-electron chi connectivity index (χ3n) is 4.27. The smallest absolute Gasteiger partial charge is 0.256 e. The minimum absolute atomic E-state index is 0.00805. The Morgan fingerprint density at radius 3 is 2.89 bits per heavy atom. The van der Waals surface area contributed by atoms with Crippen molar-refractivity contribution in [3.63, 3.8) is 0 Å². The summed E-state index contributed by atoms with van der Waals surface area (Å²) in [6.45, 7) is 3.89. The van der Waals surface area contributed by atoms with E-state index in [2.05, 4.69) is 31.0 Å². The van der Waals surface area contributed by atoms with Gasteiger partial charge in [0, 0.05) is 25.4 Å². The zero-order valence-corrected chi connectivity index (χ0v) is 16.1. The first-order chi connectivity index (χ1) is 13.5. The van der Waals surface area contributed by atoms with Crippen LogP contribution < -0.4 is 20.7 Å². The summed E-state index contributed by atoms with van der Waals surface area (Å²) in [5.74, 6) is 1.59. The van der Waals surface area contributed by atoms with Gasteiger partial charge in [0.15, 0.2) is 5.65 Å². The van der Waals surface area contributed by atoms with Gasteiger partial charge in [-0.3, -0.25) is 4.79 Å². The fraction of sp³-hybridized carbons (Fsp3) is 0.368. The maximum Gasteiger partial charge on any atom is 0.256 e. The highest BCUT2D eigenvalue weighted by molar-refractivity contribution is 6.00. The molecule has 3 aromatic rings. The van der Waals surface area contributed by atoms with Crippen molar-refractivity contribution in [3.05, 3.63) is 36.2 Å². The number of ether oxygens (including phenoxy) is 1. The van der Waals surface area contributed by atoms with Crippen LogP contribution in [0.15, 0.2) is 30.6 Å². The summed E-state index contributed by atoms with van der Waals surface area (Å²) >= 11 is 0. The van der Waals surface area contributed by atoms with Crippen LogP contribution in [-0.2, 0) is 0 Å². The van der Waals surface area contributed by atoms with Crippen molar-refractivity contribution in [2.45, 2.75) is 38.8 Å². The van der Waals surface area contributed by atoms with E-state index in [1.54, 1.807) is 24.0 Å². The molecule has 0 saturated heterocycles. The second-order valence-corrected chi connectivity index (χ2v) is 6.97. The summed E-state index contributed by atoms with van der Waals surface area (Å²) in [7, 11) is 1.79. The molecule has 0 spiro atoms. The summed E-state index contributed by atoms with van der Waals surface area (Å²) in [6.07, 6.45) is 5.25. The van der Waals surface area contributed by atoms with Crippen LogP contribution in [0.2, 0.25) is 0 Å². The Morgan fingerprint density at radius 2 is 2.18 bits per heavy atom. The minimum atomic E-state index is -0.158. The standard InChI is InChI=1S/C19H23N7O2/c1-11(2)28-19-14(5-4-8-21-19)24-15-9-16(20-3)26-17(25-15)13(10-22-26)18(27)23-12-6-7-12/h4-5,8-12,20H,6-7H2,1-3H3,(H,23,27)(H,24,25). The molecule has 9 nitrogen and oxygen atoms in total. The van der Waals surface area contributed by atoms with E-state index in [-0.39, 0.29) is 18.1 Å². The van der Waals surface area contributed by atoms with Gasteiger partial charge in [0.05, 0.1) is 12.3 Å². The number of anilines is 3. The van der Waals surface area contributed by atoms with E-state index in [1.165, 1.54) is 0 Å². The largest absolute Gasteiger partial charge is 0.473 e. The van der Waals surface area contributed by atoms with Crippen LogP contribution in [-0.4, -0.2) is 44.7 Å². The van der Waals surface area contributed by atoms with Gasteiger partial charge in [-0.05, 0) is 38.8 Å². The Kier molecular flexibility index (Phi) is 4.72. The SMILES string of the molecule is CNc1cc(Nc2cccnc2OC(C)C)nc2c(C(=O)NC3CC3)cnn12. The number of hydrogen-bond acceptors (Lipinski definition) is 7. The molecule has 0 aromatic carbocycles. The quantitative estimate of drug-likeness (QED) is 0.578. The van der Waals surface area contributed by atoms with Crippen molar-refractivity contribution < 1.29 is 9.53 Å². The Morgan fingerprint density at radius 1 is 1.36 bits per heavy atom. The predicted molar refractivity (Wildman–Crippen MR) is 106 cm³/mol. The molecule has 1 aliphatic rings. The van der Waals surface area contributed by atoms with E-state index in [0.29, 0.717) is 34.4 Å². The number of nitrogens with one attached hydrogen (secondary N) is 3. The summed E-state index contributed by atoms with van der Waals surface area (Å²) in [6, 6.07) is 5.76. The van der Waals surface area contributed by atoms with E-state index in [9.17, 15) is 4.79 Å². The summed E-state index contributed by atoms with van der Waals surface area (Å²) in [4.78, 5) is 21.4. The van der Waals surface area contributed by atoms with Crippen LogP contribution in [0.3, 0.4) is 0 Å². The number of carbonyl (C=O) groups is 1. The number of rotatable bonds is 7. The third kappa shape index (κ3) is 3.68. The molecule has 3 heterocycles. The lowest BCUT2D eigenvalue weighted by Gasteiger charge is -2.14. The first kappa shape index (κ1) is 18.0. The van der Waals surface area contributed by atoms with E-state index >= 15 is 0 Å². The van der Waals surface area contributed by atoms with Gasteiger partial charge in [-0.15, -0.1) is 0 Å². The lowest BCUT2D eigenvalue weighted by atomic mass is 10.3. The van der Waals surface area contributed by atoms with Gasteiger partial charge in [-0.25, -0.2) is 9.97 Å². The van der Waals surface area contributed by atoms with Crippen molar-refractivity contribution in [3.8, 4) is 5.88 Å². The second-order valence-electron chi connectivity index (χ2n) is 6.97. The van der Waals surface area contributed by atoms with Gasteiger partial charge in [0.1, 0.15) is 22.9 Å². The Bertz CT molecular complexity index is 1010. The highest BCUT2D eigenvalue weighted by Crippen LogP contribution is 2.27. The van der Waals surface area contributed by atoms with Crippen molar-refractivity contribution in [2.24, 2.45) is 0 Å². The van der Waals surface area contributed by atoms with Crippen LogP contribution in [0.4, 0.5) is 17.3 Å². The fourth-order valence-corrected chi connectivity index (χ4v) is 2.80. The van der Waals surface area contributed by atoms with Crippen molar-refractivity contribution in [1.29, 1.82) is 0 Å². The molecule has 0 aliphatic heterocycles. The monoisotopic (exact) mass is 381 g/mol. The maximum atomic E-state index is 12.5. The highest BCUT2D eigenvalue weighted by atomic mass is 16.5. The number of amides is 1. The van der Waals surface area contributed by atoms with Crippen LogP contribution in [0.1, 0.15) is 37.0 Å². The Hall–Kier alpha value is -3.36. The molecule has 1 fully saturated rings. The molecule has 28 heavy (non-hydrogen) atoms. The summed E-state index contributed by atoms with van der Waals surface area (Å²) < 4.78 is 7.37. The van der Waals surface area contributed by atoms with E-state index < -0.39 is 0 Å². The number of fused-ring (bicyclic) bond motifs is 1. The number of pyridine rings is 1. The molecule has 146 valence electrons. The van der Waals surface area contributed by atoms with Crippen LogP contribution in [0, 0.1) is 0 Å². The van der Waals surface area contributed by atoms with Gasteiger partial charge >= 0.3 is 0 Å². The fourth-order valence-electron chi connectivity index (χ4n) is 2.80. The van der Waals surface area contributed by atoms with Crippen molar-refractivity contribution in [1.82, 2.24) is 24.9 Å². The predicted octanol–water partition coefficient (Wildman–Crippen LogP) is 2.59. The van der Waals surface area contributed by atoms with Crippen LogP contribution in [0.25, 0.3) is 5.65 Å². The molecule has 0 bridgehead atoms. The molecule has 9 heteroatoms. The maximum absolute atomic E-state index is 12.5. The first-order valence-corrected chi connectivity index (χ1v) is 9.31. The zero-order chi connectivity index (χ0) is 19.7. The summed E-state index contributed by atoms with van der Waals surface area (Å²) in [5, 5.41) is 13.6. The molecule has 1 saturated carbocycles. The average molecular weight is 381 g/mol. The van der Waals surface area contributed by atoms with Crippen molar-refractivity contribution >= 4 is 28.9 Å². The topological polar surface area (TPSA) is 105 Å². The first-order valence-electron chi connectivity index (χ1n) is 9.31. The minimum Gasteiger partial charge on any atom is -0.473 e. The normalized spacial score (nSPS) is 13.6. The number of nitrogens with zero attached hydrogens (tertiary/aromatic N) is 4. The van der Waals surface area contributed by atoms with Gasteiger partial charge in [0.25, 0.3) is 5.91 Å². The number of carbonyl (C=O) groups excluding carboxylic acids is 1. The molecule has 1 amide bonds. The van der Waals surface area contributed by atoms with Gasteiger partial charge < -0.3 is 20.7 Å². The van der Waals surface area contributed by atoms with E-state index in [1.807, 2.05) is 32.0 Å². The van der Waals surface area contributed by atoms with Gasteiger partial charge in [-0.2, -0.15) is 9.61 Å². The van der Waals surface area contributed by atoms with E-state index in [4.69, 9.17) is 4.74 Å². The Balaban J connectivity index is 1.70. The third-order valence-corrected chi connectivity index (χ3v) is 4.27. The molecule has 0 radical (unpaired) electrons. The van der Waals surface area contributed by atoms with Crippen LogP contribution >= 0.6 is 0 Å². The van der Waals surface area contributed by atoms with Crippen molar-refractivity contribution in [2.75, 3.05) is 17.7 Å². The second kappa shape index (κ2) is 7.34. The number of hydrogen-bond donors (Lipinski definition) is 3. The molecule has 4 rings (SSSR count).